The summed E-state index contributed by atoms with van der Waals surface area (Å²) in [7, 11) is 1.75. The number of hydrogen-bond acceptors (Lipinski definition) is 3. The standard InChI is InChI=1S/C12H8F3N3S/c1-18-5-4-17-11(18)19-9-3-2-8(7-16)10(6-9)12(13,14)15/h2-6H,1H3. The molecule has 0 aliphatic rings. The second-order valence-electron chi connectivity index (χ2n) is 3.74. The number of nitrogens with zero attached hydrogens (tertiary/aromatic N) is 3. The average Bonchev–Trinajstić information content (AvgIpc) is 2.74. The molecule has 0 atom stereocenters. The largest absolute Gasteiger partial charge is 0.417 e. The molecular formula is C12H8F3N3S. The molecule has 0 aliphatic heterocycles. The van der Waals surface area contributed by atoms with Crippen molar-refractivity contribution in [1.29, 1.82) is 5.26 Å². The average molecular weight is 283 g/mol. The van der Waals surface area contributed by atoms with Crippen molar-refractivity contribution >= 4 is 11.8 Å². The van der Waals surface area contributed by atoms with Crippen molar-refractivity contribution in [3.05, 3.63) is 41.7 Å². The van der Waals surface area contributed by atoms with E-state index < -0.39 is 11.7 Å². The summed E-state index contributed by atoms with van der Waals surface area (Å²) in [6.07, 6.45) is -1.27. The second-order valence-corrected chi connectivity index (χ2v) is 4.78. The highest BCUT2D eigenvalue weighted by Crippen LogP contribution is 2.35. The molecule has 0 radical (unpaired) electrons. The van der Waals surface area contributed by atoms with Crippen molar-refractivity contribution in [3.8, 4) is 6.07 Å². The summed E-state index contributed by atoms with van der Waals surface area (Å²) >= 11 is 1.11. The first-order valence-electron chi connectivity index (χ1n) is 5.18. The Kier molecular flexibility index (Phi) is 3.53. The van der Waals surface area contributed by atoms with Crippen molar-refractivity contribution in [2.75, 3.05) is 0 Å². The lowest BCUT2D eigenvalue weighted by atomic mass is 10.1. The Hall–Kier alpha value is -1.94. The normalized spacial score (nSPS) is 11.3. The summed E-state index contributed by atoms with van der Waals surface area (Å²) in [6, 6.07) is 5.17. The summed E-state index contributed by atoms with van der Waals surface area (Å²) in [6.45, 7) is 0. The maximum Gasteiger partial charge on any atom is 0.417 e. The molecule has 0 saturated carbocycles. The van der Waals surface area contributed by atoms with Crippen LogP contribution in [0, 0.1) is 11.3 Å². The van der Waals surface area contributed by atoms with Crippen LogP contribution < -0.4 is 0 Å². The molecule has 98 valence electrons. The quantitative estimate of drug-likeness (QED) is 0.847. The lowest BCUT2D eigenvalue weighted by Crippen LogP contribution is -2.07. The van der Waals surface area contributed by atoms with Crippen LogP contribution in [-0.4, -0.2) is 9.55 Å². The summed E-state index contributed by atoms with van der Waals surface area (Å²) in [5.41, 5.74) is -1.30. The van der Waals surface area contributed by atoms with Crippen LogP contribution in [0.25, 0.3) is 0 Å². The minimum Gasteiger partial charge on any atom is -0.329 e. The van der Waals surface area contributed by atoms with Crippen molar-refractivity contribution in [2.45, 2.75) is 16.2 Å². The van der Waals surface area contributed by atoms with Gasteiger partial charge in [-0.1, -0.05) is 11.8 Å². The zero-order valence-electron chi connectivity index (χ0n) is 9.77. The molecule has 2 aromatic rings. The predicted octanol–water partition coefficient (Wildman–Crippen LogP) is 3.46. The molecule has 2 rings (SSSR count). The van der Waals surface area contributed by atoms with Gasteiger partial charge in [-0.2, -0.15) is 18.4 Å². The first-order valence-corrected chi connectivity index (χ1v) is 6.00. The fourth-order valence-corrected chi connectivity index (χ4v) is 2.32. The van der Waals surface area contributed by atoms with Crippen molar-refractivity contribution < 1.29 is 13.2 Å². The van der Waals surface area contributed by atoms with Gasteiger partial charge in [-0.3, -0.25) is 0 Å². The Morgan fingerprint density at radius 2 is 2.11 bits per heavy atom. The van der Waals surface area contributed by atoms with Gasteiger partial charge in [0.05, 0.1) is 17.2 Å². The molecule has 0 spiro atoms. The monoisotopic (exact) mass is 283 g/mol. The zero-order chi connectivity index (χ0) is 14.0. The van der Waals surface area contributed by atoms with Crippen LogP contribution in [0.5, 0.6) is 0 Å². The number of rotatable bonds is 2. The minimum absolute atomic E-state index is 0.378. The van der Waals surface area contributed by atoms with Gasteiger partial charge in [-0.05, 0) is 18.2 Å². The maximum atomic E-state index is 12.8. The highest BCUT2D eigenvalue weighted by Gasteiger charge is 2.33. The summed E-state index contributed by atoms with van der Waals surface area (Å²) in [4.78, 5) is 4.41. The van der Waals surface area contributed by atoms with Gasteiger partial charge in [0, 0.05) is 24.3 Å². The third kappa shape index (κ3) is 2.90. The number of halogens is 3. The zero-order valence-corrected chi connectivity index (χ0v) is 10.6. The van der Waals surface area contributed by atoms with E-state index in [9.17, 15) is 13.2 Å². The Labute approximate surface area is 111 Å². The molecular weight excluding hydrogens is 275 g/mol. The number of alkyl halides is 3. The van der Waals surface area contributed by atoms with Crippen molar-refractivity contribution in [3.63, 3.8) is 0 Å². The van der Waals surface area contributed by atoms with E-state index in [0.29, 0.717) is 10.1 Å². The van der Waals surface area contributed by atoms with Gasteiger partial charge < -0.3 is 4.57 Å². The summed E-state index contributed by atoms with van der Waals surface area (Å²) < 4.78 is 40.1. The second kappa shape index (κ2) is 4.97. The minimum atomic E-state index is -4.54. The molecule has 1 heterocycles. The Morgan fingerprint density at radius 1 is 1.37 bits per heavy atom. The predicted molar refractivity (Wildman–Crippen MR) is 63.5 cm³/mol. The Bertz CT molecular complexity index is 640. The highest BCUT2D eigenvalue weighted by molar-refractivity contribution is 7.99. The number of benzene rings is 1. The molecule has 19 heavy (non-hydrogen) atoms. The molecule has 1 aromatic heterocycles. The van der Waals surface area contributed by atoms with Gasteiger partial charge in [-0.25, -0.2) is 4.98 Å². The molecule has 0 N–H and O–H groups in total. The van der Waals surface area contributed by atoms with Crippen molar-refractivity contribution in [2.24, 2.45) is 7.05 Å². The van der Waals surface area contributed by atoms with Gasteiger partial charge in [-0.15, -0.1) is 0 Å². The van der Waals surface area contributed by atoms with Crippen LogP contribution >= 0.6 is 11.8 Å². The van der Waals surface area contributed by atoms with E-state index in [-0.39, 0.29) is 5.56 Å². The Balaban J connectivity index is 2.39. The number of aryl methyl sites for hydroxylation is 1. The van der Waals surface area contributed by atoms with Gasteiger partial charge in [0.2, 0.25) is 0 Å². The number of nitriles is 1. The first-order chi connectivity index (χ1) is 8.91. The molecule has 0 bridgehead atoms. The molecule has 0 amide bonds. The van der Waals surface area contributed by atoms with Crippen LogP contribution in [0.4, 0.5) is 13.2 Å². The van der Waals surface area contributed by atoms with Gasteiger partial charge in [0.1, 0.15) is 0 Å². The highest BCUT2D eigenvalue weighted by atomic mass is 32.2. The van der Waals surface area contributed by atoms with E-state index in [4.69, 9.17) is 5.26 Å². The van der Waals surface area contributed by atoms with Crippen LogP contribution in [0.15, 0.2) is 40.6 Å². The lowest BCUT2D eigenvalue weighted by Gasteiger charge is -2.10. The van der Waals surface area contributed by atoms with Crippen LogP contribution in [0.2, 0.25) is 0 Å². The fraction of sp³-hybridized carbons (Fsp3) is 0.167. The van der Waals surface area contributed by atoms with Gasteiger partial charge in [0.15, 0.2) is 5.16 Å². The van der Waals surface area contributed by atoms with Crippen LogP contribution in [0.3, 0.4) is 0 Å². The van der Waals surface area contributed by atoms with E-state index in [1.165, 1.54) is 12.1 Å². The van der Waals surface area contributed by atoms with Gasteiger partial charge in [0.25, 0.3) is 0 Å². The third-order valence-corrected chi connectivity index (χ3v) is 3.47. The summed E-state index contributed by atoms with van der Waals surface area (Å²) in [5, 5.41) is 9.28. The van der Waals surface area contributed by atoms with E-state index in [1.54, 1.807) is 30.1 Å². The van der Waals surface area contributed by atoms with E-state index >= 15 is 0 Å². The van der Waals surface area contributed by atoms with E-state index in [2.05, 4.69) is 4.98 Å². The molecule has 3 nitrogen and oxygen atoms in total. The smallest absolute Gasteiger partial charge is 0.329 e. The first kappa shape index (κ1) is 13.5. The maximum absolute atomic E-state index is 12.8. The molecule has 1 aromatic carbocycles. The Morgan fingerprint density at radius 3 is 2.63 bits per heavy atom. The third-order valence-electron chi connectivity index (χ3n) is 2.40. The number of hydrogen-bond donors (Lipinski definition) is 0. The van der Waals surface area contributed by atoms with Gasteiger partial charge >= 0.3 is 6.18 Å². The lowest BCUT2D eigenvalue weighted by molar-refractivity contribution is -0.137. The van der Waals surface area contributed by atoms with Crippen LogP contribution in [-0.2, 0) is 13.2 Å². The SMILES string of the molecule is Cn1ccnc1Sc1ccc(C#N)c(C(F)(F)F)c1. The van der Waals surface area contributed by atoms with Crippen LogP contribution in [0.1, 0.15) is 11.1 Å². The molecule has 7 heteroatoms. The number of aromatic nitrogens is 2. The van der Waals surface area contributed by atoms with E-state index in [0.717, 1.165) is 17.8 Å². The molecule has 0 saturated heterocycles. The molecule has 0 fully saturated rings. The topological polar surface area (TPSA) is 41.6 Å². The fourth-order valence-electron chi connectivity index (χ4n) is 1.47. The number of imidazole rings is 1. The van der Waals surface area contributed by atoms with Crippen molar-refractivity contribution in [1.82, 2.24) is 9.55 Å². The van der Waals surface area contributed by atoms with E-state index in [1.807, 2.05) is 0 Å². The summed E-state index contributed by atoms with van der Waals surface area (Å²) in [5.74, 6) is 0. The molecule has 0 aliphatic carbocycles. The molecule has 0 unspecified atom stereocenters.